The van der Waals surface area contributed by atoms with E-state index in [1.54, 1.807) is 18.5 Å². The van der Waals surface area contributed by atoms with E-state index in [4.69, 9.17) is 10.8 Å². The maximum absolute atomic E-state index is 9.64. The Kier molecular flexibility index (Phi) is 3.36. The molecule has 0 aliphatic rings. The number of rotatable bonds is 3. The number of nitrogens with zero attached hydrogens (tertiary/aromatic N) is 1. The van der Waals surface area contributed by atoms with Gasteiger partial charge in [0.15, 0.2) is 0 Å². The highest BCUT2D eigenvalue weighted by atomic mass is 16.3. The van der Waals surface area contributed by atoms with E-state index in [0.29, 0.717) is 5.56 Å². The quantitative estimate of drug-likeness (QED) is 0.602. The summed E-state index contributed by atoms with van der Waals surface area (Å²) in [7, 11) is 0. The van der Waals surface area contributed by atoms with E-state index in [1.165, 1.54) is 0 Å². The van der Waals surface area contributed by atoms with Crippen LogP contribution in [0, 0.1) is 6.92 Å². The predicted octanol–water partition coefficient (Wildman–Crippen LogP) is -0.257. The lowest BCUT2D eigenvalue weighted by Crippen LogP contribution is -2.32. The predicted molar refractivity (Wildman–Crippen MR) is 49.0 cm³/mol. The zero-order valence-corrected chi connectivity index (χ0v) is 7.51. The molecule has 0 saturated heterocycles. The molecule has 72 valence electrons. The van der Waals surface area contributed by atoms with Gasteiger partial charge in [-0.25, -0.2) is 0 Å². The van der Waals surface area contributed by atoms with E-state index in [9.17, 15) is 5.11 Å². The van der Waals surface area contributed by atoms with Crippen LogP contribution in [0.2, 0.25) is 0 Å². The van der Waals surface area contributed by atoms with Crippen LogP contribution in [0.5, 0.6) is 0 Å². The summed E-state index contributed by atoms with van der Waals surface area (Å²) in [6.07, 6.45) is 2.37. The average Bonchev–Trinajstić information content (AvgIpc) is 2.16. The van der Waals surface area contributed by atoms with Crippen molar-refractivity contribution in [1.29, 1.82) is 0 Å². The van der Waals surface area contributed by atoms with Crippen molar-refractivity contribution >= 4 is 0 Å². The van der Waals surface area contributed by atoms with Crippen molar-refractivity contribution in [2.45, 2.75) is 19.1 Å². The number of nitrogens with two attached hydrogens (primary N) is 1. The molecule has 0 amide bonds. The highest BCUT2D eigenvalue weighted by molar-refractivity contribution is 5.24. The van der Waals surface area contributed by atoms with Crippen LogP contribution in [0.1, 0.15) is 17.2 Å². The van der Waals surface area contributed by atoms with Crippen LogP contribution in [-0.4, -0.2) is 27.8 Å². The summed E-state index contributed by atoms with van der Waals surface area (Å²) in [4.78, 5) is 3.89. The van der Waals surface area contributed by atoms with E-state index in [1.807, 2.05) is 6.92 Å². The van der Waals surface area contributed by atoms with E-state index in [0.717, 1.165) is 5.56 Å². The molecule has 0 saturated carbocycles. The van der Waals surface area contributed by atoms with Crippen molar-refractivity contribution in [3.05, 3.63) is 29.6 Å². The molecule has 0 bridgehead atoms. The molecule has 0 aliphatic heterocycles. The minimum atomic E-state index is -0.848. The topological polar surface area (TPSA) is 79.4 Å². The average molecular weight is 182 g/mol. The highest BCUT2D eigenvalue weighted by Gasteiger charge is 2.17. The van der Waals surface area contributed by atoms with Gasteiger partial charge in [-0.3, -0.25) is 4.98 Å². The monoisotopic (exact) mass is 182 g/mol. The van der Waals surface area contributed by atoms with E-state index in [-0.39, 0.29) is 6.61 Å². The molecular weight excluding hydrogens is 168 g/mol. The smallest absolute Gasteiger partial charge is 0.0980 e. The van der Waals surface area contributed by atoms with E-state index in [2.05, 4.69) is 4.98 Å². The van der Waals surface area contributed by atoms with Crippen LogP contribution in [0.25, 0.3) is 0 Å². The molecule has 0 aliphatic carbocycles. The van der Waals surface area contributed by atoms with Gasteiger partial charge >= 0.3 is 0 Å². The second-order valence-electron chi connectivity index (χ2n) is 3.02. The van der Waals surface area contributed by atoms with Crippen LogP contribution in [0.3, 0.4) is 0 Å². The molecule has 0 fully saturated rings. The lowest BCUT2D eigenvalue weighted by molar-refractivity contribution is 0.109. The second kappa shape index (κ2) is 4.32. The lowest BCUT2D eigenvalue weighted by atomic mass is 10.0. The van der Waals surface area contributed by atoms with Crippen LogP contribution >= 0.6 is 0 Å². The van der Waals surface area contributed by atoms with Gasteiger partial charge in [0.05, 0.1) is 18.8 Å². The van der Waals surface area contributed by atoms with Crippen molar-refractivity contribution < 1.29 is 10.2 Å². The molecule has 1 rings (SSSR count). The minimum absolute atomic E-state index is 0.241. The zero-order chi connectivity index (χ0) is 9.84. The molecular formula is C9H14N2O2. The summed E-state index contributed by atoms with van der Waals surface area (Å²) in [6, 6.07) is 1.14. The normalized spacial score (nSPS) is 15.4. The maximum atomic E-state index is 9.64. The SMILES string of the molecule is Cc1ccncc1C(O)C(N)CO. The number of hydrogen-bond donors (Lipinski definition) is 3. The Hall–Kier alpha value is -0.970. The van der Waals surface area contributed by atoms with Crippen molar-refractivity contribution in [1.82, 2.24) is 4.98 Å². The zero-order valence-electron chi connectivity index (χ0n) is 7.51. The van der Waals surface area contributed by atoms with Crippen molar-refractivity contribution in [3.8, 4) is 0 Å². The fraction of sp³-hybridized carbons (Fsp3) is 0.444. The minimum Gasteiger partial charge on any atom is -0.395 e. The Balaban J connectivity index is 2.88. The first-order valence-electron chi connectivity index (χ1n) is 4.12. The summed E-state index contributed by atoms with van der Waals surface area (Å²) >= 11 is 0. The summed E-state index contributed by atoms with van der Waals surface area (Å²) in [5.41, 5.74) is 7.08. The van der Waals surface area contributed by atoms with Gasteiger partial charge in [-0.2, -0.15) is 0 Å². The van der Waals surface area contributed by atoms with Gasteiger partial charge in [0, 0.05) is 18.0 Å². The van der Waals surface area contributed by atoms with Gasteiger partial charge < -0.3 is 15.9 Å². The van der Waals surface area contributed by atoms with E-state index < -0.39 is 12.1 Å². The first-order valence-corrected chi connectivity index (χ1v) is 4.12. The third kappa shape index (κ3) is 2.24. The third-order valence-corrected chi connectivity index (χ3v) is 2.01. The second-order valence-corrected chi connectivity index (χ2v) is 3.02. The van der Waals surface area contributed by atoms with Gasteiger partial charge in [0.2, 0.25) is 0 Å². The number of hydrogen-bond acceptors (Lipinski definition) is 4. The Morgan fingerprint density at radius 3 is 2.85 bits per heavy atom. The van der Waals surface area contributed by atoms with Gasteiger partial charge in [0.1, 0.15) is 0 Å². The van der Waals surface area contributed by atoms with Crippen LogP contribution in [0.15, 0.2) is 18.5 Å². The van der Waals surface area contributed by atoms with Gasteiger partial charge in [-0.15, -0.1) is 0 Å². The largest absolute Gasteiger partial charge is 0.395 e. The molecule has 2 unspecified atom stereocenters. The fourth-order valence-corrected chi connectivity index (χ4v) is 1.12. The molecule has 0 aromatic carbocycles. The molecule has 4 nitrogen and oxygen atoms in total. The lowest BCUT2D eigenvalue weighted by Gasteiger charge is -2.17. The van der Waals surface area contributed by atoms with Crippen molar-refractivity contribution in [2.75, 3.05) is 6.61 Å². The number of aliphatic hydroxyl groups is 2. The van der Waals surface area contributed by atoms with Crippen LogP contribution in [0.4, 0.5) is 0 Å². The molecule has 4 N–H and O–H groups in total. The molecule has 4 heteroatoms. The number of aryl methyl sites for hydroxylation is 1. The summed E-state index contributed by atoms with van der Waals surface area (Å²) in [6.45, 7) is 1.62. The summed E-state index contributed by atoms with van der Waals surface area (Å²) < 4.78 is 0. The number of pyridine rings is 1. The molecule has 1 aromatic heterocycles. The standard InChI is InChI=1S/C9H14N2O2/c1-6-2-3-11-4-7(6)9(13)8(10)5-12/h2-4,8-9,12-13H,5,10H2,1H3. The van der Waals surface area contributed by atoms with Crippen molar-refractivity contribution in [2.24, 2.45) is 5.73 Å². The Morgan fingerprint density at radius 2 is 2.31 bits per heavy atom. The first kappa shape index (κ1) is 10.1. The maximum Gasteiger partial charge on any atom is 0.0980 e. The molecule has 13 heavy (non-hydrogen) atoms. The van der Waals surface area contributed by atoms with Crippen LogP contribution < -0.4 is 5.73 Å². The first-order chi connectivity index (χ1) is 6.16. The van der Waals surface area contributed by atoms with Gasteiger partial charge in [0.25, 0.3) is 0 Å². The summed E-state index contributed by atoms with van der Waals surface area (Å²) in [5, 5.41) is 18.4. The fourth-order valence-electron chi connectivity index (χ4n) is 1.12. The Morgan fingerprint density at radius 1 is 1.62 bits per heavy atom. The van der Waals surface area contributed by atoms with Crippen molar-refractivity contribution in [3.63, 3.8) is 0 Å². The Labute approximate surface area is 77.0 Å². The van der Waals surface area contributed by atoms with Gasteiger partial charge in [-0.1, -0.05) is 0 Å². The molecule has 1 heterocycles. The van der Waals surface area contributed by atoms with E-state index >= 15 is 0 Å². The molecule has 0 spiro atoms. The molecule has 1 aromatic rings. The Bertz CT molecular complexity index is 278. The number of aromatic nitrogens is 1. The molecule has 0 radical (unpaired) electrons. The molecule has 2 atom stereocenters. The van der Waals surface area contributed by atoms with Crippen LogP contribution in [-0.2, 0) is 0 Å². The highest BCUT2D eigenvalue weighted by Crippen LogP contribution is 2.17. The third-order valence-electron chi connectivity index (χ3n) is 2.01. The summed E-state index contributed by atoms with van der Waals surface area (Å²) in [5.74, 6) is 0. The van der Waals surface area contributed by atoms with Gasteiger partial charge in [-0.05, 0) is 18.6 Å². The number of aliphatic hydroxyl groups excluding tert-OH is 2.